The monoisotopic (exact) mass is 106 g/mol. The van der Waals surface area contributed by atoms with Crippen LogP contribution in [-0.2, 0) is 0 Å². The molecule has 0 aliphatic rings. The van der Waals surface area contributed by atoms with Crippen molar-refractivity contribution in [2.45, 2.75) is 0 Å². The Balaban J connectivity index is -0.0000000450. The summed E-state index contributed by atoms with van der Waals surface area (Å²) in [5.41, 5.74) is 0. The summed E-state index contributed by atoms with van der Waals surface area (Å²) in [6.45, 7) is 0. The standard InChI is InChI=1S/Al.BO3.FH/c;2-1(3)4;/h;;1H/q+3;-3;. The van der Waals surface area contributed by atoms with Gasteiger partial charge in [-0.15, -0.1) is 0 Å². The molecule has 0 fully saturated rings. The molecule has 0 radical (unpaired) electrons. The van der Waals surface area contributed by atoms with Gasteiger partial charge in [-0.3, -0.25) is 12.0 Å². The van der Waals surface area contributed by atoms with Gasteiger partial charge >= 0.3 is 17.4 Å². The topological polar surface area (TPSA) is 69.2 Å². The molecule has 0 aromatic rings. The maximum absolute atomic E-state index is 8.42. The van der Waals surface area contributed by atoms with Gasteiger partial charge in [0.05, 0.1) is 0 Å². The maximum atomic E-state index is 8.42. The van der Waals surface area contributed by atoms with Crippen LogP contribution in [-0.4, -0.2) is 24.7 Å². The molecule has 0 aromatic carbocycles. The van der Waals surface area contributed by atoms with Crippen molar-refractivity contribution >= 4 is 24.7 Å². The molecule has 0 bridgehead atoms. The van der Waals surface area contributed by atoms with E-state index in [-0.39, 0.29) is 22.1 Å². The molecule has 0 aliphatic carbocycles. The van der Waals surface area contributed by atoms with Gasteiger partial charge in [0.1, 0.15) is 0 Å². The van der Waals surface area contributed by atoms with Crippen LogP contribution < -0.4 is 15.1 Å². The Hall–Kier alpha value is 0.407. The summed E-state index contributed by atoms with van der Waals surface area (Å²) in [7, 11) is -2.92. The zero-order valence-electron chi connectivity index (χ0n) is 2.79. The number of rotatable bonds is 0. The van der Waals surface area contributed by atoms with E-state index in [9.17, 15) is 0 Å². The number of halogens is 1. The predicted molar refractivity (Wildman–Crippen MR) is 14.0 cm³/mol. The summed E-state index contributed by atoms with van der Waals surface area (Å²) in [4.78, 5) is 0. The van der Waals surface area contributed by atoms with Crippen molar-refractivity contribution in [3.8, 4) is 0 Å². The Morgan fingerprint density at radius 2 is 1.00 bits per heavy atom. The molecule has 3 nitrogen and oxygen atoms in total. The molecule has 32 valence electrons. The Labute approximate surface area is 45.3 Å². The molecule has 6 heteroatoms. The van der Waals surface area contributed by atoms with Crippen LogP contribution in [0.1, 0.15) is 0 Å². The van der Waals surface area contributed by atoms with Gasteiger partial charge in [-0.05, 0) is 0 Å². The van der Waals surface area contributed by atoms with Crippen LogP contribution in [0.15, 0.2) is 0 Å². The van der Waals surface area contributed by atoms with Crippen molar-refractivity contribution in [3.63, 3.8) is 0 Å². The molecule has 0 rings (SSSR count). The SMILES string of the molecule is F.[Al+3].[O-]B([O-])[O-]. The molecule has 0 saturated carbocycles. The fourth-order valence-corrected chi connectivity index (χ4v) is 0. The molecule has 0 aromatic heterocycles. The summed E-state index contributed by atoms with van der Waals surface area (Å²) in [5, 5.41) is 25.2. The average molecular weight is 106 g/mol. The van der Waals surface area contributed by atoms with E-state index in [4.69, 9.17) is 15.1 Å². The smallest absolute Gasteiger partial charge is 0.907 e. The first-order chi connectivity index (χ1) is 1.73. The van der Waals surface area contributed by atoms with Crippen LogP contribution in [0.3, 0.4) is 0 Å². The molecule has 0 atom stereocenters. The number of hydrogen-bond acceptors (Lipinski definition) is 3. The second-order valence-corrected chi connectivity index (χ2v) is 0.289. The molecule has 6 heavy (non-hydrogen) atoms. The molecule has 0 N–H and O–H groups in total. The van der Waals surface area contributed by atoms with Crippen molar-refractivity contribution in [2.75, 3.05) is 0 Å². The van der Waals surface area contributed by atoms with Gasteiger partial charge in [-0.25, -0.2) is 0 Å². The first-order valence-electron chi connectivity index (χ1n) is 0.707. The summed E-state index contributed by atoms with van der Waals surface area (Å²) in [6.07, 6.45) is 0. The molecular formula is HAlBFO3. The van der Waals surface area contributed by atoms with Gasteiger partial charge in [-0.2, -0.15) is 0 Å². The van der Waals surface area contributed by atoms with Crippen molar-refractivity contribution < 1.29 is 19.8 Å². The van der Waals surface area contributed by atoms with Gasteiger partial charge in [0.2, 0.25) is 0 Å². The third-order valence-corrected chi connectivity index (χ3v) is 0. The molecule has 0 unspecified atom stereocenters. The van der Waals surface area contributed by atoms with E-state index in [2.05, 4.69) is 0 Å². The fourth-order valence-electron chi connectivity index (χ4n) is 0. The van der Waals surface area contributed by atoms with Crippen molar-refractivity contribution in [2.24, 2.45) is 0 Å². The second kappa shape index (κ2) is 9.05. The van der Waals surface area contributed by atoms with Crippen LogP contribution in [0, 0.1) is 0 Å². The van der Waals surface area contributed by atoms with Crippen molar-refractivity contribution in [1.29, 1.82) is 0 Å². The Morgan fingerprint density at radius 3 is 1.00 bits per heavy atom. The molecule has 0 aliphatic heterocycles. The van der Waals surface area contributed by atoms with Gasteiger partial charge in [0.25, 0.3) is 0 Å². The minimum atomic E-state index is -2.92. The van der Waals surface area contributed by atoms with E-state index in [1.165, 1.54) is 0 Å². The Kier molecular flexibility index (Phi) is 24.3. The third-order valence-electron chi connectivity index (χ3n) is 0. The predicted octanol–water partition coefficient (Wildman–Crippen LogP) is -4.18. The largest absolute Gasteiger partial charge is 3.00 e. The van der Waals surface area contributed by atoms with Crippen LogP contribution in [0.25, 0.3) is 0 Å². The zero-order chi connectivity index (χ0) is 3.58. The van der Waals surface area contributed by atoms with E-state index in [1.54, 1.807) is 0 Å². The Bertz CT molecular complexity index is 15.5. The third kappa shape index (κ3) is 308. The normalized spacial score (nSPS) is 4.50. The fraction of sp³-hybridized carbons (Fsp3) is 0. The van der Waals surface area contributed by atoms with E-state index in [0.717, 1.165) is 0 Å². The summed E-state index contributed by atoms with van der Waals surface area (Å²) in [6, 6.07) is 0. The van der Waals surface area contributed by atoms with Gasteiger partial charge in [0, 0.05) is 0 Å². The van der Waals surface area contributed by atoms with E-state index in [1.807, 2.05) is 0 Å². The molecule has 0 heterocycles. The summed E-state index contributed by atoms with van der Waals surface area (Å²) in [5.74, 6) is 0. The average Bonchev–Trinajstić information content (AvgIpc) is 0.811. The van der Waals surface area contributed by atoms with Crippen molar-refractivity contribution in [3.05, 3.63) is 0 Å². The summed E-state index contributed by atoms with van der Waals surface area (Å²) >= 11 is 0. The van der Waals surface area contributed by atoms with Crippen LogP contribution in [0.2, 0.25) is 0 Å². The summed E-state index contributed by atoms with van der Waals surface area (Å²) < 4.78 is 0. The second-order valence-electron chi connectivity index (χ2n) is 0.289. The Morgan fingerprint density at radius 1 is 1.00 bits per heavy atom. The van der Waals surface area contributed by atoms with Gasteiger partial charge in [0.15, 0.2) is 0 Å². The molecule has 0 saturated heterocycles. The first-order valence-corrected chi connectivity index (χ1v) is 0.707. The van der Waals surface area contributed by atoms with Crippen LogP contribution in [0.5, 0.6) is 0 Å². The van der Waals surface area contributed by atoms with E-state index in [0.29, 0.717) is 0 Å². The van der Waals surface area contributed by atoms with Gasteiger partial charge < -0.3 is 15.1 Å². The molecule has 0 amide bonds. The van der Waals surface area contributed by atoms with Gasteiger partial charge in [-0.1, -0.05) is 0 Å². The quantitative estimate of drug-likeness (QED) is 0.294. The van der Waals surface area contributed by atoms with Crippen LogP contribution in [0.4, 0.5) is 4.70 Å². The van der Waals surface area contributed by atoms with E-state index < -0.39 is 7.32 Å². The zero-order valence-corrected chi connectivity index (χ0v) is 3.94. The minimum absolute atomic E-state index is 0. The first kappa shape index (κ1) is 16.1. The van der Waals surface area contributed by atoms with Crippen molar-refractivity contribution in [1.82, 2.24) is 0 Å². The maximum Gasteiger partial charge on any atom is 3.00 e. The molecule has 0 spiro atoms. The van der Waals surface area contributed by atoms with Crippen LogP contribution >= 0.6 is 0 Å². The van der Waals surface area contributed by atoms with E-state index >= 15 is 0 Å². The number of hydrogen-bond donors (Lipinski definition) is 0. The molecular weight excluding hydrogens is 105 g/mol. The minimum Gasteiger partial charge on any atom is -0.907 e.